The van der Waals surface area contributed by atoms with Crippen LogP contribution in [0.3, 0.4) is 0 Å². The highest BCUT2D eigenvalue weighted by Crippen LogP contribution is 2.29. The molecule has 0 unspecified atom stereocenters. The second kappa shape index (κ2) is 8.52. The van der Waals surface area contributed by atoms with Crippen molar-refractivity contribution in [2.75, 3.05) is 21.3 Å². The van der Waals surface area contributed by atoms with E-state index in [-0.39, 0.29) is 0 Å². The second-order valence-corrected chi connectivity index (χ2v) is 11.8. The molecule has 0 spiro atoms. The number of ether oxygens (including phenoxy) is 3. The molecule has 0 saturated heterocycles. The molecular weight excluding hydrogens is 400 g/mol. The van der Waals surface area contributed by atoms with Crippen LogP contribution in [0.4, 0.5) is 0 Å². The van der Waals surface area contributed by atoms with Gasteiger partial charge in [0.1, 0.15) is 17.2 Å². The number of aryl methyl sites for hydroxylation is 3. The fourth-order valence-electron chi connectivity index (χ4n) is 4.02. The Labute approximate surface area is 178 Å². The van der Waals surface area contributed by atoms with Crippen LogP contribution < -0.4 is 29.8 Å². The van der Waals surface area contributed by atoms with Crippen molar-refractivity contribution < 1.29 is 14.2 Å². The molecule has 3 aromatic carbocycles. The third-order valence-corrected chi connectivity index (χ3v) is 10.6. The van der Waals surface area contributed by atoms with E-state index in [1.54, 1.807) is 21.3 Å². The number of rotatable bonds is 6. The van der Waals surface area contributed by atoms with Crippen molar-refractivity contribution in [3.63, 3.8) is 0 Å². The quantitative estimate of drug-likeness (QED) is 0.340. The van der Waals surface area contributed by atoms with Gasteiger partial charge in [-0.1, -0.05) is 54.6 Å². The summed E-state index contributed by atoms with van der Waals surface area (Å²) < 4.78 is 17.5. The first kappa shape index (κ1) is 21.3. The van der Waals surface area contributed by atoms with Crippen LogP contribution in [0.1, 0.15) is 16.7 Å². The molecule has 0 aliphatic carbocycles. The zero-order valence-corrected chi connectivity index (χ0v) is 19.6. The van der Waals surface area contributed by atoms with Gasteiger partial charge in [0.15, 0.2) is 0 Å². The maximum absolute atomic E-state index is 7.78. The third kappa shape index (κ3) is 3.51. The second-order valence-electron chi connectivity index (χ2n) is 7.13. The average molecular weight is 427 g/mol. The van der Waals surface area contributed by atoms with E-state index < -0.39 is 7.38 Å². The summed E-state index contributed by atoms with van der Waals surface area (Å²) in [4.78, 5) is 0. The van der Waals surface area contributed by atoms with Crippen molar-refractivity contribution in [1.82, 2.24) is 0 Å². The number of hydrogen-bond acceptors (Lipinski definition) is 3. The van der Waals surface area contributed by atoms with Crippen LogP contribution in [-0.2, 0) is 0 Å². The molecule has 0 saturated carbocycles. The smallest absolute Gasteiger partial charge is 0.258 e. The van der Waals surface area contributed by atoms with E-state index in [9.17, 15) is 0 Å². The van der Waals surface area contributed by atoms with E-state index in [1.807, 2.05) is 57.2 Å². The van der Waals surface area contributed by atoms with Gasteiger partial charge >= 0.3 is 0 Å². The molecule has 3 aromatic rings. The Bertz CT molecular complexity index is 903. The summed E-state index contributed by atoms with van der Waals surface area (Å²) >= 11 is 7.78. The Hall–Kier alpha value is -2.43. The van der Waals surface area contributed by atoms with Gasteiger partial charge < -0.3 is 14.2 Å². The highest BCUT2D eigenvalue weighted by atomic mass is 35.6. The first-order valence-electron chi connectivity index (χ1n) is 9.51. The highest BCUT2D eigenvalue weighted by molar-refractivity contribution is 7.41. The Morgan fingerprint density at radius 1 is 0.552 bits per heavy atom. The van der Waals surface area contributed by atoms with E-state index in [4.69, 9.17) is 25.3 Å². The molecule has 0 aliphatic heterocycles. The van der Waals surface area contributed by atoms with Crippen molar-refractivity contribution in [3.8, 4) is 17.2 Å². The SMILES string of the molecule is COc1c(C)cccc1[Si](Cl)(c1cccc(C)c1OC)c1cccc(C)c1OC. The number of para-hydroxylation sites is 3. The van der Waals surface area contributed by atoms with Crippen LogP contribution in [0.25, 0.3) is 0 Å². The van der Waals surface area contributed by atoms with Gasteiger partial charge in [-0.05, 0) is 37.5 Å². The van der Waals surface area contributed by atoms with Gasteiger partial charge in [-0.15, -0.1) is 11.1 Å². The molecule has 0 atom stereocenters. The van der Waals surface area contributed by atoms with Gasteiger partial charge in [0.05, 0.1) is 21.3 Å². The standard InChI is InChI=1S/C24H27ClO3Si/c1-16-10-7-13-19(22(16)26-4)29(25,20-14-8-11-17(2)23(20)27-5)21-15-9-12-18(3)24(21)28-6/h7-15H,1-6H3. The minimum atomic E-state index is -3.07. The van der Waals surface area contributed by atoms with Crippen LogP contribution in [0, 0.1) is 20.8 Å². The summed E-state index contributed by atoms with van der Waals surface area (Å²) in [6, 6.07) is 18.4. The van der Waals surface area contributed by atoms with Gasteiger partial charge in [0.25, 0.3) is 7.38 Å². The summed E-state index contributed by atoms with van der Waals surface area (Å²) in [5.74, 6) is 2.42. The van der Waals surface area contributed by atoms with Crippen molar-refractivity contribution in [3.05, 3.63) is 71.3 Å². The van der Waals surface area contributed by atoms with E-state index in [0.717, 1.165) is 49.5 Å². The molecule has 152 valence electrons. The Morgan fingerprint density at radius 2 is 0.828 bits per heavy atom. The summed E-state index contributed by atoms with van der Waals surface area (Å²) in [5, 5.41) is 2.94. The molecule has 3 rings (SSSR count). The fraction of sp³-hybridized carbons (Fsp3) is 0.250. The van der Waals surface area contributed by atoms with Crippen molar-refractivity contribution in [2.24, 2.45) is 0 Å². The van der Waals surface area contributed by atoms with Crippen molar-refractivity contribution >= 4 is 34.0 Å². The monoisotopic (exact) mass is 426 g/mol. The fourth-order valence-corrected chi connectivity index (χ4v) is 9.04. The lowest BCUT2D eigenvalue weighted by molar-refractivity contribution is 0.412. The molecule has 0 heterocycles. The Morgan fingerprint density at radius 3 is 1.07 bits per heavy atom. The average Bonchev–Trinajstić information content (AvgIpc) is 2.72. The van der Waals surface area contributed by atoms with Crippen LogP contribution in [-0.4, -0.2) is 28.7 Å². The summed E-state index contributed by atoms with van der Waals surface area (Å²) in [6.07, 6.45) is 0. The molecular formula is C24H27ClO3Si. The molecule has 5 heteroatoms. The van der Waals surface area contributed by atoms with Crippen LogP contribution in [0.15, 0.2) is 54.6 Å². The van der Waals surface area contributed by atoms with Crippen LogP contribution in [0.2, 0.25) is 0 Å². The van der Waals surface area contributed by atoms with Gasteiger partial charge in [-0.25, -0.2) is 0 Å². The van der Waals surface area contributed by atoms with Crippen LogP contribution in [0.5, 0.6) is 17.2 Å². The Balaban J connectivity index is 2.50. The van der Waals surface area contributed by atoms with E-state index in [1.165, 1.54) is 0 Å². The first-order chi connectivity index (χ1) is 13.9. The summed E-state index contributed by atoms with van der Waals surface area (Å²) in [5.41, 5.74) is 3.13. The lowest BCUT2D eigenvalue weighted by atomic mass is 10.2. The summed E-state index contributed by atoms with van der Waals surface area (Å²) in [7, 11) is 2.01. The molecule has 0 radical (unpaired) electrons. The maximum Gasteiger partial charge on any atom is 0.258 e. The van der Waals surface area contributed by atoms with Gasteiger partial charge in [0, 0.05) is 15.6 Å². The highest BCUT2D eigenvalue weighted by Gasteiger charge is 2.45. The predicted molar refractivity (Wildman–Crippen MR) is 124 cm³/mol. The number of hydrogen-bond donors (Lipinski definition) is 0. The molecule has 0 amide bonds. The molecule has 29 heavy (non-hydrogen) atoms. The third-order valence-electron chi connectivity index (χ3n) is 5.36. The predicted octanol–water partition coefficient (Wildman–Crippen LogP) is 3.84. The topological polar surface area (TPSA) is 27.7 Å². The van der Waals surface area contributed by atoms with Crippen molar-refractivity contribution in [2.45, 2.75) is 20.8 Å². The van der Waals surface area contributed by atoms with E-state index in [2.05, 4.69) is 18.2 Å². The zero-order chi connectivity index (χ0) is 21.2. The molecule has 0 bridgehead atoms. The molecule has 0 aliphatic rings. The van der Waals surface area contributed by atoms with Crippen molar-refractivity contribution in [1.29, 1.82) is 0 Å². The summed E-state index contributed by atoms with van der Waals surface area (Å²) in [6.45, 7) is 6.11. The lowest BCUT2D eigenvalue weighted by Gasteiger charge is -2.31. The number of benzene rings is 3. The minimum Gasteiger partial charge on any atom is -0.497 e. The van der Waals surface area contributed by atoms with Gasteiger partial charge in [-0.3, -0.25) is 0 Å². The maximum atomic E-state index is 7.78. The van der Waals surface area contributed by atoms with Gasteiger partial charge in [-0.2, -0.15) is 0 Å². The van der Waals surface area contributed by atoms with E-state index in [0.29, 0.717) is 0 Å². The molecule has 3 nitrogen and oxygen atoms in total. The first-order valence-corrected chi connectivity index (χ1v) is 12.5. The normalized spacial score (nSPS) is 11.3. The molecule has 0 fully saturated rings. The Kier molecular flexibility index (Phi) is 6.25. The zero-order valence-electron chi connectivity index (χ0n) is 17.8. The van der Waals surface area contributed by atoms with E-state index >= 15 is 0 Å². The minimum absolute atomic E-state index is 0.807. The van der Waals surface area contributed by atoms with Crippen LogP contribution >= 0.6 is 11.1 Å². The number of halogens is 1. The molecule has 0 aromatic heterocycles. The lowest BCUT2D eigenvalue weighted by Crippen LogP contribution is -2.64. The number of methoxy groups -OCH3 is 3. The van der Waals surface area contributed by atoms with Gasteiger partial charge in [0.2, 0.25) is 0 Å². The largest absolute Gasteiger partial charge is 0.497 e. The molecule has 0 N–H and O–H groups in total.